The quantitative estimate of drug-likeness (QED) is 0.623. The van der Waals surface area contributed by atoms with Crippen molar-refractivity contribution in [3.8, 4) is 0 Å². The average Bonchev–Trinajstić information content (AvgIpc) is 2.82. The summed E-state index contributed by atoms with van der Waals surface area (Å²) in [5.74, 6) is -0.0762. The van der Waals surface area contributed by atoms with Crippen LogP contribution in [0.4, 0.5) is 4.79 Å². The molecule has 5 heteroatoms. The summed E-state index contributed by atoms with van der Waals surface area (Å²) in [6.07, 6.45) is 8.21. The summed E-state index contributed by atoms with van der Waals surface area (Å²) < 4.78 is 0. The van der Waals surface area contributed by atoms with Crippen molar-refractivity contribution >= 4 is 11.9 Å². The van der Waals surface area contributed by atoms with Gasteiger partial charge in [-0.1, -0.05) is 53.4 Å². The lowest BCUT2D eigenvalue weighted by Gasteiger charge is -2.58. The number of unbranched alkanes of at least 4 members (excludes halogenated alkanes) is 2. The summed E-state index contributed by atoms with van der Waals surface area (Å²) in [5, 5.41) is 9.50. The van der Waals surface area contributed by atoms with Crippen molar-refractivity contribution in [2.45, 2.75) is 103 Å². The molecule has 3 N–H and O–H groups in total. The van der Waals surface area contributed by atoms with Gasteiger partial charge in [-0.05, 0) is 32.6 Å². The fourth-order valence-electron chi connectivity index (χ4n) is 4.81. The number of rotatable bonds is 7. The van der Waals surface area contributed by atoms with Crippen LogP contribution in [-0.2, 0) is 4.79 Å². The lowest BCUT2D eigenvalue weighted by molar-refractivity contribution is -0.132. The molecule has 0 bridgehead atoms. The van der Waals surface area contributed by atoms with Crippen LogP contribution in [0.25, 0.3) is 0 Å². The van der Waals surface area contributed by atoms with Crippen LogP contribution in [0, 0.1) is 5.92 Å². The van der Waals surface area contributed by atoms with Crippen LogP contribution in [0.1, 0.15) is 86.0 Å². The predicted molar refractivity (Wildman–Crippen MR) is 96.8 cm³/mol. The van der Waals surface area contributed by atoms with Crippen LogP contribution in [0.3, 0.4) is 0 Å². The standard InChI is InChI=1S/C19H35N3O2/c1-6-9-11-18(12-10-7-2)14(4)19(13-17(5,8-3)22-18)15(23)20-16(24)21-19/h14,22H,6-13H2,1-5H3,(H2,20,21,23,24). The fourth-order valence-corrected chi connectivity index (χ4v) is 4.81. The number of hydrogen-bond acceptors (Lipinski definition) is 3. The Kier molecular flexibility index (Phi) is 5.63. The van der Waals surface area contributed by atoms with Gasteiger partial charge in [0.1, 0.15) is 5.54 Å². The van der Waals surface area contributed by atoms with E-state index in [1.807, 2.05) is 0 Å². The van der Waals surface area contributed by atoms with E-state index in [1.54, 1.807) is 0 Å². The average molecular weight is 338 g/mol. The van der Waals surface area contributed by atoms with Gasteiger partial charge in [0.05, 0.1) is 0 Å². The molecule has 0 aromatic rings. The molecule has 3 amide bonds. The normalized spacial score (nSPS) is 35.1. The van der Waals surface area contributed by atoms with Crippen molar-refractivity contribution in [2.75, 3.05) is 0 Å². The number of carbonyl (C=O) groups excluding carboxylic acids is 2. The lowest BCUT2D eigenvalue weighted by atomic mass is 9.59. The molecular formula is C19H35N3O2. The number of carbonyl (C=O) groups is 2. The van der Waals surface area contributed by atoms with E-state index in [1.165, 1.54) is 0 Å². The van der Waals surface area contributed by atoms with E-state index >= 15 is 0 Å². The maximum atomic E-state index is 12.8. The SMILES string of the molecule is CCCCC1(CCCC)NC(C)(CC)CC2(NC(=O)NC2=O)C1C. The second-order valence-electron chi connectivity index (χ2n) is 8.18. The van der Waals surface area contributed by atoms with Crippen LogP contribution in [0.2, 0.25) is 0 Å². The molecule has 1 spiro atoms. The summed E-state index contributed by atoms with van der Waals surface area (Å²) in [5.41, 5.74) is -1.04. The van der Waals surface area contributed by atoms with Crippen LogP contribution in [0.5, 0.6) is 0 Å². The summed E-state index contributed by atoms with van der Waals surface area (Å²) in [6.45, 7) is 10.9. The molecule has 0 aromatic heterocycles. The smallest absolute Gasteiger partial charge is 0.322 e. The molecule has 3 atom stereocenters. The third-order valence-corrected chi connectivity index (χ3v) is 6.49. The second-order valence-corrected chi connectivity index (χ2v) is 8.18. The molecule has 5 nitrogen and oxygen atoms in total. The van der Waals surface area contributed by atoms with Crippen LogP contribution in [0.15, 0.2) is 0 Å². The molecule has 3 unspecified atom stereocenters. The monoisotopic (exact) mass is 337 g/mol. The molecule has 0 aliphatic carbocycles. The van der Waals surface area contributed by atoms with E-state index in [0.29, 0.717) is 6.42 Å². The van der Waals surface area contributed by atoms with Gasteiger partial charge in [-0.3, -0.25) is 10.1 Å². The molecular weight excluding hydrogens is 302 g/mol. The highest BCUT2D eigenvalue weighted by Crippen LogP contribution is 2.47. The van der Waals surface area contributed by atoms with Gasteiger partial charge < -0.3 is 10.6 Å². The number of urea groups is 1. The van der Waals surface area contributed by atoms with E-state index in [2.05, 4.69) is 50.6 Å². The number of nitrogens with one attached hydrogen (secondary N) is 3. The zero-order valence-corrected chi connectivity index (χ0v) is 16.1. The first-order chi connectivity index (χ1) is 11.3. The van der Waals surface area contributed by atoms with Crippen molar-refractivity contribution < 1.29 is 9.59 Å². The van der Waals surface area contributed by atoms with Crippen molar-refractivity contribution in [1.29, 1.82) is 0 Å². The molecule has 0 aromatic carbocycles. The molecule has 138 valence electrons. The Morgan fingerprint density at radius 2 is 1.67 bits per heavy atom. The summed E-state index contributed by atoms with van der Waals surface area (Å²) in [4.78, 5) is 24.7. The molecule has 0 radical (unpaired) electrons. The van der Waals surface area contributed by atoms with Gasteiger partial charge in [-0.15, -0.1) is 0 Å². The van der Waals surface area contributed by atoms with Gasteiger partial charge in [0.2, 0.25) is 0 Å². The van der Waals surface area contributed by atoms with Crippen LogP contribution in [-0.4, -0.2) is 28.6 Å². The van der Waals surface area contributed by atoms with Crippen LogP contribution < -0.4 is 16.0 Å². The Balaban J connectivity index is 2.47. The minimum Gasteiger partial charge on any atom is -0.323 e. The van der Waals surface area contributed by atoms with E-state index < -0.39 is 5.54 Å². The van der Waals surface area contributed by atoms with Gasteiger partial charge in [0.15, 0.2) is 0 Å². The lowest BCUT2D eigenvalue weighted by Crippen LogP contribution is -2.75. The number of piperidine rings is 1. The topological polar surface area (TPSA) is 70.2 Å². The zero-order valence-electron chi connectivity index (χ0n) is 16.1. The van der Waals surface area contributed by atoms with Gasteiger partial charge in [0.25, 0.3) is 5.91 Å². The minimum absolute atomic E-state index is 0.0641. The second kappa shape index (κ2) is 7.03. The first kappa shape index (κ1) is 19.2. The highest BCUT2D eigenvalue weighted by Gasteiger charge is 2.62. The van der Waals surface area contributed by atoms with Gasteiger partial charge in [0, 0.05) is 17.0 Å². The Morgan fingerprint density at radius 1 is 1.08 bits per heavy atom. The van der Waals surface area contributed by atoms with Crippen molar-refractivity contribution in [3.05, 3.63) is 0 Å². The predicted octanol–water partition coefficient (Wildman–Crippen LogP) is 3.48. The third kappa shape index (κ3) is 3.19. The van der Waals surface area contributed by atoms with Crippen molar-refractivity contribution in [2.24, 2.45) is 5.92 Å². The Hall–Kier alpha value is -1.10. The zero-order chi connectivity index (χ0) is 18.0. The molecule has 2 fully saturated rings. The summed E-state index contributed by atoms with van der Waals surface area (Å²) in [7, 11) is 0. The highest BCUT2D eigenvalue weighted by molar-refractivity contribution is 6.07. The molecule has 2 heterocycles. The van der Waals surface area contributed by atoms with E-state index in [4.69, 9.17) is 0 Å². The molecule has 2 aliphatic heterocycles. The summed E-state index contributed by atoms with van der Waals surface area (Å²) >= 11 is 0. The van der Waals surface area contributed by atoms with Crippen molar-refractivity contribution in [1.82, 2.24) is 16.0 Å². The largest absolute Gasteiger partial charge is 0.323 e. The Morgan fingerprint density at radius 3 is 2.08 bits per heavy atom. The molecule has 2 aliphatic rings. The minimum atomic E-state index is -0.783. The number of hydrogen-bond donors (Lipinski definition) is 3. The Labute approximate surface area is 146 Å². The van der Waals surface area contributed by atoms with Gasteiger partial charge in [-0.2, -0.15) is 0 Å². The maximum Gasteiger partial charge on any atom is 0.322 e. The van der Waals surface area contributed by atoms with Gasteiger partial charge >= 0.3 is 6.03 Å². The molecule has 0 saturated carbocycles. The summed E-state index contributed by atoms with van der Waals surface area (Å²) in [6, 6.07) is -0.341. The first-order valence-electron chi connectivity index (χ1n) is 9.70. The number of imide groups is 1. The maximum absolute atomic E-state index is 12.8. The van der Waals surface area contributed by atoms with E-state index in [9.17, 15) is 9.59 Å². The first-order valence-corrected chi connectivity index (χ1v) is 9.70. The molecule has 2 saturated heterocycles. The van der Waals surface area contributed by atoms with Crippen LogP contribution >= 0.6 is 0 Å². The Bertz CT molecular complexity index is 485. The third-order valence-electron chi connectivity index (χ3n) is 6.49. The van der Waals surface area contributed by atoms with E-state index in [0.717, 1.165) is 44.9 Å². The van der Waals surface area contributed by atoms with Crippen molar-refractivity contribution in [3.63, 3.8) is 0 Å². The van der Waals surface area contributed by atoms with E-state index in [-0.39, 0.29) is 28.9 Å². The van der Waals surface area contributed by atoms with Gasteiger partial charge in [-0.25, -0.2) is 4.79 Å². The number of amides is 3. The molecule has 2 rings (SSSR count). The molecule has 24 heavy (non-hydrogen) atoms. The highest BCUT2D eigenvalue weighted by atomic mass is 16.2. The fraction of sp³-hybridized carbons (Fsp3) is 0.895.